The van der Waals surface area contributed by atoms with Crippen molar-refractivity contribution >= 4 is 5.82 Å². The lowest BCUT2D eigenvalue weighted by molar-refractivity contribution is -0.0289. The van der Waals surface area contributed by atoms with Crippen LogP contribution in [-0.2, 0) is 4.74 Å². The Labute approximate surface area is 97.1 Å². The number of hydrogen-bond acceptors (Lipinski definition) is 6. The molecule has 0 spiro atoms. The molecule has 1 aromatic heterocycles. The minimum Gasteiger partial charge on any atom is -0.394 e. The summed E-state index contributed by atoms with van der Waals surface area (Å²) in [6, 6.07) is 3.53. The van der Waals surface area contributed by atoms with E-state index in [-0.39, 0.29) is 12.4 Å². The average molecular weight is 236 g/mol. The standard InChI is InChI=1S/C10H12N4O3/c11-4-6-3-9(17-7(6)5-15)14-2-1-8(12)13-10(14)16/h1-2,6-7,9,15H,3,5H2,(H2,12,13,16)/t6-,7-,9-/m1/s1. The quantitative estimate of drug-likeness (QED) is 0.698. The van der Waals surface area contributed by atoms with Gasteiger partial charge in [0, 0.05) is 12.6 Å². The number of nitriles is 1. The molecule has 1 saturated heterocycles. The smallest absolute Gasteiger partial charge is 0.351 e. The molecule has 1 aliphatic heterocycles. The summed E-state index contributed by atoms with van der Waals surface area (Å²) in [6.07, 6.45) is 0.698. The van der Waals surface area contributed by atoms with Crippen LogP contribution in [-0.4, -0.2) is 27.4 Å². The fraction of sp³-hybridized carbons (Fsp3) is 0.500. The van der Waals surface area contributed by atoms with Crippen molar-refractivity contribution in [3.63, 3.8) is 0 Å². The second-order valence-electron chi connectivity index (χ2n) is 3.83. The van der Waals surface area contributed by atoms with Crippen molar-refractivity contribution < 1.29 is 9.84 Å². The van der Waals surface area contributed by atoms with Gasteiger partial charge in [0.2, 0.25) is 0 Å². The van der Waals surface area contributed by atoms with Crippen LogP contribution in [0.15, 0.2) is 17.1 Å². The van der Waals surface area contributed by atoms with E-state index in [4.69, 9.17) is 20.8 Å². The lowest BCUT2D eigenvalue weighted by Gasteiger charge is -2.14. The lowest BCUT2D eigenvalue weighted by atomic mass is 10.0. The molecule has 0 bridgehead atoms. The van der Waals surface area contributed by atoms with E-state index in [9.17, 15) is 4.79 Å². The van der Waals surface area contributed by atoms with E-state index >= 15 is 0 Å². The van der Waals surface area contributed by atoms with Gasteiger partial charge in [-0.1, -0.05) is 0 Å². The molecule has 2 rings (SSSR count). The maximum Gasteiger partial charge on any atom is 0.351 e. The van der Waals surface area contributed by atoms with Crippen LogP contribution in [0, 0.1) is 17.2 Å². The Balaban J connectivity index is 2.26. The van der Waals surface area contributed by atoms with Crippen LogP contribution in [0.1, 0.15) is 12.6 Å². The SMILES string of the molecule is N#C[C@H]1C[C@H](n2ccc(N)nc2=O)O[C@@H]1CO. The molecule has 17 heavy (non-hydrogen) atoms. The van der Waals surface area contributed by atoms with Gasteiger partial charge in [0.05, 0.1) is 24.7 Å². The Morgan fingerprint density at radius 2 is 2.53 bits per heavy atom. The number of aliphatic hydroxyl groups is 1. The van der Waals surface area contributed by atoms with Crippen molar-refractivity contribution in [2.45, 2.75) is 18.8 Å². The Morgan fingerprint density at radius 1 is 1.76 bits per heavy atom. The van der Waals surface area contributed by atoms with E-state index in [1.807, 2.05) is 0 Å². The zero-order valence-electron chi connectivity index (χ0n) is 8.98. The van der Waals surface area contributed by atoms with E-state index in [0.717, 1.165) is 0 Å². The third-order valence-corrected chi connectivity index (χ3v) is 2.74. The van der Waals surface area contributed by atoms with Crippen LogP contribution in [0.2, 0.25) is 0 Å². The van der Waals surface area contributed by atoms with Crippen molar-refractivity contribution in [2.75, 3.05) is 12.3 Å². The third kappa shape index (κ3) is 2.13. The molecule has 1 fully saturated rings. The highest BCUT2D eigenvalue weighted by atomic mass is 16.5. The summed E-state index contributed by atoms with van der Waals surface area (Å²) in [6.45, 7) is -0.244. The van der Waals surface area contributed by atoms with Crippen LogP contribution in [0.3, 0.4) is 0 Å². The topological polar surface area (TPSA) is 114 Å². The monoisotopic (exact) mass is 236 g/mol. The lowest BCUT2D eigenvalue weighted by Crippen LogP contribution is -2.27. The zero-order chi connectivity index (χ0) is 12.4. The molecule has 0 unspecified atom stereocenters. The molecule has 3 atom stereocenters. The van der Waals surface area contributed by atoms with Gasteiger partial charge >= 0.3 is 5.69 Å². The number of nitrogens with two attached hydrogens (primary N) is 1. The number of anilines is 1. The number of rotatable bonds is 2. The fourth-order valence-corrected chi connectivity index (χ4v) is 1.85. The highest BCUT2D eigenvalue weighted by Gasteiger charge is 2.36. The second kappa shape index (κ2) is 4.53. The van der Waals surface area contributed by atoms with Gasteiger partial charge in [-0.2, -0.15) is 10.2 Å². The Kier molecular flexibility index (Phi) is 3.08. The molecule has 0 aromatic carbocycles. The van der Waals surface area contributed by atoms with Gasteiger partial charge < -0.3 is 15.6 Å². The summed E-state index contributed by atoms with van der Waals surface area (Å²) in [5, 5.41) is 17.9. The van der Waals surface area contributed by atoms with Crippen LogP contribution >= 0.6 is 0 Å². The van der Waals surface area contributed by atoms with Crippen LogP contribution in [0.25, 0.3) is 0 Å². The first-order valence-electron chi connectivity index (χ1n) is 5.16. The van der Waals surface area contributed by atoms with Gasteiger partial charge in [-0.3, -0.25) is 4.57 Å². The normalized spacial score (nSPS) is 27.9. The molecule has 0 saturated carbocycles. The summed E-state index contributed by atoms with van der Waals surface area (Å²) in [7, 11) is 0. The van der Waals surface area contributed by atoms with Crippen LogP contribution in [0.4, 0.5) is 5.82 Å². The van der Waals surface area contributed by atoms with Crippen LogP contribution in [0.5, 0.6) is 0 Å². The van der Waals surface area contributed by atoms with E-state index < -0.39 is 23.9 Å². The third-order valence-electron chi connectivity index (χ3n) is 2.74. The van der Waals surface area contributed by atoms with Gasteiger partial charge in [-0.05, 0) is 6.07 Å². The molecule has 1 aromatic rings. The van der Waals surface area contributed by atoms with E-state index in [1.165, 1.54) is 16.8 Å². The highest BCUT2D eigenvalue weighted by Crippen LogP contribution is 2.31. The number of nitrogens with zero attached hydrogens (tertiary/aromatic N) is 3. The molecule has 90 valence electrons. The first-order chi connectivity index (χ1) is 8.15. The second-order valence-corrected chi connectivity index (χ2v) is 3.83. The van der Waals surface area contributed by atoms with Crippen molar-refractivity contribution in [3.05, 3.63) is 22.7 Å². The Bertz CT molecular complexity index is 507. The van der Waals surface area contributed by atoms with Gasteiger partial charge in [0.15, 0.2) is 0 Å². The summed E-state index contributed by atoms with van der Waals surface area (Å²) >= 11 is 0. The average Bonchev–Trinajstić information content (AvgIpc) is 2.72. The molecular weight excluding hydrogens is 224 g/mol. The van der Waals surface area contributed by atoms with E-state index in [2.05, 4.69) is 11.1 Å². The summed E-state index contributed by atoms with van der Waals surface area (Å²) in [5.41, 5.74) is 4.85. The van der Waals surface area contributed by atoms with Crippen molar-refractivity contribution in [3.8, 4) is 6.07 Å². The molecule has 3 N–H and O–H groups in total. The summed E-state index contributed by atoms with van der Waals surface area (Å²) < 4.78 is 6.70. The predicted molar refractivity (Wildman–Crippen MR) is 57.6 cm³/mol. The molecule has 1 aliphatic rings. The maximum absolute atomic E-state index is 11.6. The molecule has 0 aliphatic carbocycles. The maximum atomic E-state index is 11.6. The molecule has 0 radical (unpaired) electrons. The molecule has 2 heterocycles. The Morgan fingerprint density at radius 3 is 3.06 bits per heavy atom. The number of hydrogen-bond donors (Lipinski definition) is 2. The predicted octanol–water partition coefficient (Wildman–Crippen LogP) is -0.755. The van der Waals surface area contributed by atoms with Crippen LogP contribution < -0.4 is 11.4 Å². The molecule has 7 heteroatoms. The van der Waals surface area contributed by atoms with Crippen molar-refractivity contribution in [1.82, 2.24) is 9.55 Å². The van der Waals surface area contributed by atoms with Gasteiger partial charge in [-0.15, -0.1) is 0 Å². The molecule has 0 amide bonds. The minimum absolute atomic E-state index is 0.139. The number of nitrogen functional groups attached to an aromatic ring is 1. The summed E-state index contributed by atoms with van der Waals surface area (Å²) in [5.74, 6) is -0.283. The zero-order valence-corrected chi connectivity index (χ0v) is 8.98. The van der Waals surface area contributed by atoms with Crippen molar-refractivity contribution in [1.29, 1.82) is 5.26 Å². The summed E-state index contributed by atoms with van der Waals surface area (Å²) in [4.78, 5) is 15.1. The Hall–Kier alpha value is -1.91. The first-order valence-corrected chi connectivity index (χ1v) is 5.16. The van der Waals surface area contributed by atoms with E-state index in [0.29, 0.717) is 6.42 Å². The highest BCUT2D eigenvalue weighted by molar-refractivity contribution is 5.23. The van der Waals surface area contributed by atoms with Gasteiger partial charge in [0.25, 0.3) is 0 Å². The van der Waals surface area contributed by atoms with Gasteiger partial charge in [-0.25, -0.2) is 4.79 Å². The molecular formula is C10H12N4O3. The first kappa shape index (κ1) is 11.6. The fourth-order valence-electron chi connectivity index (χ4n) is 1.85. The van der Waals surface area contributed by atoms with E-state index in [1.54, 1.807) is 0 Å². The minimum atomic E-state index is -0.572. The number of aliphatic hydroxyl groups excluding tert-OH is 1. The number of ether oxygens (including phenoxy) is 1. The van der Waals surface area contributed by atoms with Crippen molar-refractivity contribution in [2.24, 2.45) is 5.92 Å². The van der Waals surface area contributed by atoms with Gasteiger partial charge in [0.1, 0.15) is 12.0 Å². The largest absolute Gasteiger partial charge is 0.394 e. The molecule has 7 nitrogen and oxygen atoms in total. The number of aromatic nitrogens is 2.